The molecule has 0 aliphatic heterocycles. The Morgan fingerprint density at radius 2 is 2.29 bits per heavy atom. The molecule has 2 rings (SSSR count). The third-order valence-electron chi connectivity index (χ3n) is 3.61. The number of hydrogen-bond acceptors (Lipinski definition) is 3. The quantitative estimate of drug-likeness (QED) is 0.790. The second kappa shape index (κ2) is 6.31. The molecular weight excluding hydrogens is 334 g/mol. The van der Waals surface area contributed by atoms with Crippen molar-refractivity contribution in [1.29, 1.82) is 5.26 Å². The van der Waals surface area contributed by atoms with Crippen LogP contribution < -0.4 is 4.74 Å². The van der Waals surface area contributed by atoms with Crippen molar-refractivity contribution in [3.05, 3.63) is 33.8 Å². The Balaban J connectivity index is 2.21. The van der Waals surface area contributed by atoms with E-state index in [4.69, 9.17) is 15.1 Å². The standard InChI is InChI=1S/C16H16BrNO3/c1-11-8-13(17)9-12(2-3-14(19)20)15(11)21-10-16(4-5-16)6-7-18/h2-3,8-9H,4-6,10H2,1H3,(H,19,20)/b3-2+. The van der Waals surface area contributed by atoms with Gasteiger partial charge in [-0.05, 0) is 43.5 Å². The minimum atomic E-state index is -0.998. The molecule has 0 unspecified atom stereocenters. The van der Waals surface area contributed by atoms with Gasteiger partial charge in [0.15, 0.2) is 0 Å². The number of benzene rings is 1. The summed E-state index contributed by atoms with van der Waals surface area (Å²) in [4.78, 5) is 10.7. The SMILES string of the molecule is Cc1cc(Br)cc(/C=C/C(=O)O)c1OCC1(CC#N)CC1. The van der Waals surface area contributed by atoms with E-state index in [-0.39, 0.29) is 5.41 Å². The highest BCUT2D eigenvalue weighted by Gasteiger charge is 2.43. The third-order valence-corrected chi connectivity index (χ3v) is 4.07. The molecule has 0 amide bonds. The Kier molecular flexibility index (Phi) is 4.69. The summed E-state index contributed by atoms with van der Waals surface area (Å²) in [7, 11) is 0. The van der Waals surface area contributed by atoms with Crippen LogP contribution in [-0.2, 0) is 4.79 Å². The van der Waals surface area contributed by atoms with Crippen LogP contribution in [0.1, 0.15) is 30.4 Å². The number of carboxylic acids is 1. The second-order valence-electron chi connectivity index (χ2n) is 5.44. The molecule has 0 bridgehead atoms. The zero-order valence-corrected chi connectivity index (χ0v) is 13.3. The van der Waals surface area contributed by atoms with E-state index in [1.54, 1.807) is 0 Å². The summed E-state index contributed by atoms with van der Waals surface area (Å²) in [5.74, 6) is -0.318. The molecule has 0 radical (unpaired) electrons. The number of rotatable bonds is 6. The molecule has 1 aromatic rings. The molecule has 0 atom stereocenters. The van der Waals surface area contributed by atoms with Crippen LogP contribution in [0.2, 0.25) is 0 Å². The number of aryl methyl sites for hydroxylation is 1. The predicted octanol–water partition coefficient (Wildman–Crippen LogP) is 3.93. The van der Waals surface area contributed by atoms with Gasteiger partial charge in [0.25, 0.3) is 0 Å². The van der Waals surface area contributed by atoms with Crippen molar-refractivity contribution in [3.8, 4) is 11.8 Å². The highest BCUT2D eigenvalue weighted by Crippen LogP contribution is 2.49. The van der Waals surface area contributed by atoms with Crippen LogP contribution in [0.4, 0.5) is 0 Å². The Labute approximate surface area is 132 Å². The smallest absolute Gasteiger partial charge is 0.328 e. The van der Waals surface area contributed by atoms with E-state index in [1.165, 1.54) is 6.08 Å². The van der Waals surface area contributed by atoms with Crippen LogP contribution >= 0.6 is 15.9 Å². The van der Waals surface area contributed by atoms with Gasteiger partial charge in [0.05, 0.1) is 12.7 Å². The number of nitriles is 1. The summed E-state index contributed by atoms with van der Waals surface area (Å²) in [5.41, 5.74) is 1.64. The van der Waals surface area contributed by atoms with Crippen LogP contribution in [0.5, 0.6) is 5.75 Å². The lowest BCUT2D eigenvalue weighted by Gasteiger charge is -2.17. The first-order chi connectivity index (χ1) is 9.96. The summed E-state index contributed by atoms with van der Waals surface area (Å²) in [6.45, 7) is 2.42. The number of carboxylic acid groups (broad SMARTS) is 1. The fourth-order valence-electron chi connectivity index (χ4n) is 2.18. The first kappa shape index (κ1) is 15.6. The summed E-state index contributed by atoms with van der Waals surface area (Å²) in [6.07, 6.45) is 5.14. The number of aliphatic carboxylic acids is 1. The van der Waals surface area contributed by atoms with Gasteiger partial charge in [0.1, 0.15) is 5.75 Å². The predicted molar refractivity (Wildman–Crippen MR) is 82.9 cm³/mol. The highest BCUT2D eigenvalue weighted by atomic mass is 79.9. The fraction of sp³-hybridized carbons (Fsp3) is 0.375. The fourth-order valence-corrected chi connectivity index (χ4v) is 2.77. The monoisotopic (exact) mass is 349 g/mol. The molecule has 1 aliphatic rings. The molecule has 0 saturated heterocycles. The van der Waals surface area contributed by atoms with E-state index in [1.807, 2.05) is 19.1 Å². The second-order valence-corrected chi connectivity index (χ2v) is 6.35. The van der Waals surface area contributed by atoms with Gasteiger partial charge in [0, 0.05) is 27.9 Å². The first-order valence-corrected chi connectivity index (χ1v) is 7.46. The molecule has 1 fully saturated rings. The molecule has 5 heteroatoms. The number of ether oxygens (including phenoxy) is 1. The Bertz CT molecular complexity index is 627. The molecule has 4 nitrogen and oxygen atoms in total. The van der Waals surface area contributed by atoms with Gasteiger partial charge in [-0.15, -0.1) is 0 Å². The number of halogens is 1. The average molecular weight is 350 g/mol. The minimum Gasteiger partial charge on any atom is -0.492 e. The first-order valence-electron chi connectivity index (χ1n) is 6.67. The maximum Gasteiger partial charge on any atom is 0.328 e. The zero-order chi connectivity index (χ0) is 15.5. The number of nitrogens with zero attached hydrogens (tertiary/aromatic N) is 1. The molecule has 1 saturated carbocycles. The number of hydrogen-bond donors (Lipinski definition) is 1. The topological polar surface area (TPSA) is 70.3 Å². The zero-order valence-electron chi connectivity index (χ0n) is 11.7. The Morgan fingerprint density at radius 3 is 2.86 bits per heavy atom. The van der Waals surface area contributed by atoms with Crippen LogP contribution in [0.3, 0.4) is 0 Å². The summed E-state index contributed by atoms with van der Waals surface area (Å²) >= 11 is 3.40. The third kappa shape index (κ3) is 4.08. The maximum absolute atomic E-state index is 10.7. The van der Waals surface area contributed by atoms with E-state index in [9.17, 15) is 4.79 Å². The van der Waals surface area contributed by atoms with Gasteiger partial charge in [-0.1, -0.05) is 15.9 Å². The van der Waals surface area contributed by atoms with Crippen LogP contribution in [0.25, 0.3) is 6.08 Å². The van der Waals surface area contributed by atoms with Gasteiger partial charge in [-0.3, -0.25) is 0 Å². The molecule has 0 aromatic heterocycles. The lowest BCUT2D eigenvalue weighted by molar-refractivity contribution is -0.131. The molecule has 110 valence electrons. The molecule has 1 aliphatic carbocycles. The molecule has 0 heterocycles. The van der Waals surface area contributed by atoms with Crippen molar-refractivity contribution in [3.63, 3.8) is 0 Å². The average Bonchev–Trinajstić information content (AvgIpc) is 3.15. The van der Waals surface area contributed by atoms with Crippen molar-refractivity contribution < 1.29 is 14.6 Å². The van der Waals surface area contributed by atoms with Gasteiger partial charge in [-0.2, -0.15) is 5.26 Å². The van der Waals surface area contributed by atoms with Crippen molar-refractivity contribution in [2.75, 3.05) is 6.61 Å². The van der Waals surface area contributed by atoms with Gasteiger partial charge < -0.3 is 9.84 Å². The summed E-state index contributed by atoms with van der Waals surface area (Å²) in [5, 5.41) is 17.6. The summed E-state index contributed by atoms with van der Waals surface area (Å²) < 4.78 is 6.79. The molecule has 1 N–H and O–H groups in total. The molecule has 1 aromatic carbocycles. The van der Waals surface area contributed by atoms with E-state index in [0.29, 0.717) is 18.8 Å². The Hall–Kier alpha value is -1.80. The van der Waals surface area contributed by atoms with Gasteiger partial charge in [-0.25, -0.2) is 4.79 Å². The van der Waals surface area contributed by atoms with Gasteiger partial charge >= 0.3 is 5.97 Å². The van der Waals surface area contributed by atoms with E-state index < -0.39 is 5.97 Å². The largest absolute Gasteiger partial charge is 0.492 e. The van der Waals surface area contributed by atoms with Crippen molar-refractivity contribution >= 4 is 28.0 Å². The minimum absolute atomic E-state index is 0.0119. The van der Waals surface area contributed by atoms with Crippen molar-refractivity contribution in [1.82, 2.24) is 0 Å². The number of carbonyl (C=O) groups is 1. The van der Waals surface area contributed by atoms with Crippen molar-refractivity contribution in [2.24, 2.45) is 5.41 Å². The van der Waals surface area contributed by atoms with Crippen LogP contribution in [0, 0.1) is 23.7 Å². The van der Waals surface area contributed by atoms with E-state index >= 15 is 0 Å². The van der Waals surface area contributed by atoms with E-state index in [0.717, 1.165) is 34.5 Å². The molecule has 21 heavy (non-hydrogen) atoms. The summed E-state index contributed by atoms with van der Waals surface area (Å²) in [6, 6.07) is 5.96. The maximum atomic E-state index is 10.7. The van der Waals surface area contributed by atoms with Crippen LogP contribution in [0.15, 0.2) is 22.7 Å². The van der Waals surface area contributed by atoms with Crippen LogP contribution in [-0.4, -0.2) is 17.7 Å². The molecule has 0 spiro atoms. The Morgan fingerprint density at radius 1 is 1.57 bits per heavy atom. The highest BCUT2D eigenvalue weighted by molar-refractivity contribution is 9.10. The lowest BCUT2D eigenvalue weighted by Crippen LogP contribution is -2.13. The van der Waals surface area contributed by atoms with Crippen molar-refractivity contribution in [2.45, 2.75) is 26.2 Å². The van der Waals surface area contributed by atoms with E-state index in [2.05, 4.69) is 22.0 Å². The normalized spacial score (nSPS) is 15.7. The lowest BCUT2D eigenvalue weighted by atomic mass is 10.0. The molecular formula is C16H16BrNO3. The van der Waals surface area contributed by atoms with Gasteiger partial charge in [0.2, 0.25) is 0 Å².